The van der Waals surface area contributed by atoms with Crippen LogP contribution in [0.5, 0.6) is 23.1 Å². The number of nitrogens with one attached hydrogen (secondary N) is 2. The minimum Gasteiger partial charge on any atom is -0.490 e. The van der Waals surface area contributed by atoms with Crippen LogP contribution >= 0.6 is 34.5 Å². The van der Waals surface area contributed by atoms with Crippen LogP contribution in [-0.4, -0.2) is 130 Å². The molecule has 7 aromatic rings. The zero-order valence-corrected chi connectivity index (χ0v) is 48.0. The Balaban J connectivity index is 1.08. The van der Waals surface area contributed by atoms with Crippen molar-refractivity contribution in [3.05, 3.63) is 118 Å². The number of hydrogen-bond donors (Lipinski definition) is 2. The summed E-state index contributed by atoms with van der Waals surface area (Å²) in [5.74, 6) is 1.31. The van der Waals surface area contributed by atoms with Crippen LogP contribution in [0.1, 0.15) is 63.9 Å². The van der Waals surface area contributed by atoms with E-state index in [0.717, 1.165) is 31.1 Å². The molecule has 0 spiro atoms. The molecular weight excluding hydrogens is 1070 g/mol. The minimum absolute atomic E-state index is 0.0216. The second-order valence-electron chi connectivity index (χ2n) is 21.5. The van der Waals surface area contributed by atoms with Gasteiger partial charge in [-0.15, -0.1) is 11.3 Å². The monoisotopic (exact) mass is 1140 g/mol. The van der Waals surface area contributed by atoms with E-state index in [1.807, 2.05) is 46.8 Å². The van der Waals surface area contributed by atoms with Gasteiger partial charge in [-0.2, -0.15) is 0 Å². The molecule has 1 amide bonds. The molecule has 4 bridgehead atoms. The molecule has 0 radical (unpaired) electrons. The number of thiophene rings is 1. The SMILES string of the molecule is Cc1c(Cl)c2c(Cl)c(C)c1-c1c(-c3ccc(F)cc3)sc3ncnc(c13)O[C@@H](C(=O)OC(C)(C)C)Cc1cc(ccc1OCc1ccnc(-c3ccc(NCCNC(=O)OC(C)(C)C)nc3)n1)OC[C@@H](CN1CCN(C)CC1)O2. The van der Waals surface area contributed by atoms with Crippen molar-refractivity contribution in [1.82, 2.24) is 40.0 Å². The van der Waals surface area contributed by atoms with E-state index in [1.165, 1.54) is 29.8 Å². The van der Waals surface area contributed by atoms with E-state index < -0.39 is 41.3 Å². The molecule has 2 N–H and O–H groups in total. The van der Waals surface area contributed by atoms with Gasteiger partial charge in [-0.3, -0.25) is 4.90 Å². The smallest absolute Gasteiger partial charge is 0.407 e. The van der Waals surface area contributed by atoms with Crippen LogP contribution in [0.15, 0.2) is 79.4 Å². The molecule has 17 nitrogen and oxygen atoms in total. The van der Waals surface area contributed by atoms with Crippen molar-refractivity contribution in [2.75, 3.05) is 64.8 Å². The van der Waals surface area contributed by atoms with Gasteiger partial charge < -0.3 is 44.0 Å². The van der Waals surface area contributed by atoms with Gasteiger partial charge in [0.1, 0.15) is 64.8 Å². The Hall–Kier alpha value is -6.90. The van der Waals surface area contributed by atoms with Crippen molar-refractivity contribution < 1.29 is 42.4 Å². The van der Waals surface area contributed by atoms with Crippen LogP contribution in [-0.2, 0) is 27.3 Å². The highest BCUT2D eigenvalue weighted by atomic mass is 35.5. The lowest BCUT2D eigenvalue weighted by Gasteiger charge is -2.35. The van der Waals surface area contributed by atoms with Crippen molar-refractivity contribution >= 4 is 62.6 Å². The van der Waals surface area contributed by atoms with Crippen molar-refractivity contribution in [2.24, 2.45) is 0 Å². The Morgan fingerprint density at radius 2 is 1.56 bits per heavy atom. The van der Waals surface area contributed by atoms with Gasteiger partial charge in [0.05, 0.1) is 21.1 Å². The first kappa shape index (κ1) is 56.8. The van der Waals surface area contributed by atoms with E-state index in [0.29, 0.717) is 113 Å². The molecule has 4 aromatic heterocycles. The highest BCUT2D eigenvalue weighted by Gasteiger charge is 2.34. The number of aromatic nitrogens is 5. The Bertz CT molecular complexity index is 3300. The van der Waals surface area contributed by atoms with E-state index in [4.69, 9.17) is 66.6 Å². The number of carbonyl (C=O) groups is 2. The second kappa shape index (κ2) is 24.2. The van der Waals surface area contributed by atoms with Crippen LogP contribution in [0.2, 0.25) is 10.0 Å². The summed E-state index contributed by atoms with van der Waals surface area (Å²) in [6.45, 7) is 19.4. The first-order valence-electron chi connectivity index (χ1n) is 26.0. The zero-order chi connectivity index (χ0) is 56.2. The molecule has 2 atom stereocenters. The van der Waals surface area contributed by atoms with Gasteiger partial charge in [0.2, 0.25) is 12.0 Å². The van der Waals surface area contributed by atoms with E-state index in [-0.39, 0.29) is 25.5 Å². The molecule has 3 aliphatic rings. The Morgan fingerprint density at radius 3 is 2.25 bits per heavy atom. The van der Waals surface area contributed by atoms with E-state index in [9.17, 15) is 14.0 Å². The fourth-order valence-electron chi connectivity index (χ4n) is 9.14. The summed E-state index contributed by atoms with van der Waals surface area (Å²) >= 11 is 16.2. The maximum Gasteiger partial charge on any atom is 0.407 e. The summed E-state index contributed by atoms with van der Waals surface area (Å²) < 4.78 is 53.0. The van der Waals surface area contributed by atoms with E-state index >= 15 is 0 Å². The van der Waals surface area contributed by atoms with Gasteiger partial charge in [0.15, 0.2) is 11.6 Å². The topological polar surface area (TPSA) is 185 Å². The largest absolute Gasteiger partial charge is 0.490 e. The van der Waals surface area contributed by atoms with Gasteiger partial charge in [-0.25, -0.2) is 38.9 Å². The first-order valence-corrected chi connectivity index (χ1v) is 27.6. The lowest BCUT2D eigenvalue weighted by atomic mass is 9.92. The molecule has 0 unspecified atom stereocenters. The van der Waals surface area contributed by atoms with Crippen LogP contribution in [0.4, 0.5) is 15.0 Å². The number of fused-ring (bicyclic) bond motifs is 7. The average Bonchev–Trinajstić information content (AvgIpc) is 4.08. The number of halogens is 3. The molecule has 0 aliphatic carbocycles. The van der Waals surface area contributed by atoms with Crippen LogP contribution in [0.25, 0.3) is 43.2 Å². The summed E-state index contributed by atoms with van der Waals surface area (Å²) in [5.41, 5.74) is 3.67. The molecule has 416 valence electrons. The fraction of sp³-hybridized carbons (Fsp3) is 0.397. The van der Waals surface area contributed by atoms with Gasteiger partial charge in [0, 0.05) is 86.2 Å². The maximum absolute atomic E-state index is 14.6. The number of esters is 1. The highest BCUT2D eigenvalue weighted by Crippen LogP contribution is 2.53. The molecule has 3 aromatic carbocycles. The number of amides is 1. The van der Waals surface area contributed by atoms with Crippen LogP contribution in [0.3, 0.4) is 0 Å². The van der Waals surface area contributed by atoms with Crippen molar-refractivity contribution in [3.8, 4) is 56.1 Å². The predicted molar refractivity (Wildman–Crippen MR) is 304 cm³/mol. The minimum atomic E-state index is -1.30. The summed E-state index contributed by atoms with van der Waals surface area (Å²) in [4.78, 5) is 55.9. The molecule has 21 heteroatoms. The van der Waals surface area contributed by atoms with Crippen LogP contribution < -0.4 is 29.6 Å². The normalized spacial score (nSPS) is 16.3. The number of carbonyl (C=O) groups excluding carboxylic acids is 2. The van der Waals surface area contributed by atoms with Gasteiger partial charge in [0.25, 0.3) is 0 Å². The summed E-state index contributed by atoms with van der Waals surface area (Å²) in [7, 11) is 2.11. The Labute approximate surface area is 473 Å². The van der Waals surface area contributed by atoms with Crippen molar-refractivity contribution in [3.63, 3.8) is 0 Å². The number of hydrogen-bond acceptors (Lipinski definition) is 17. The molecule has 3 aliphatic heterocycles. The molecule has 0 saturated carbocycles. The third-order valence-corrected chi connectivity index (χ3v) is 15.0. The second-order valence-corrected chi connectivity index (χ2v) is 23.2. The van der Waals surface area contributed by atoms with E-state index in [2.05, 4.69) is 37.4 Å². The molecular formula is C58H64Cl2FN9O8S. The van der Waals surface area contributed by atoms with Gasteiger partial charge in [-0.05, 0) is 133 Å². The third-order valence-electron chi connectivity index (χ3n) is 13.0. The number of benzene rings is 3. The number of nitrogens with zero attached hydrogens (tertiary/aromatic N) is 7. The average molecular weight is 1140 g/mol. The lowest BCUT2D eigenvalue weighted by molar-refractivity contribution is -0.163. The van der Waals surface area contributed by atoms with Crippen LogP contribution in [0, 0.1) is 19.7 Å². The standard InChI is InChI=1S/C58H64Cl2FN9O8S/c1-33-45-34(2)49(60)50(48(33)59)75-41(29-70-24-22-69(9)23-25-70)31-73-40-15-16-42(74-30-39-18-19-63-52(68-39)36-12-17-44(65-28-36)62-20-21-64-56(72)78-58(6,7)8)37(26-40)27-43(55(71)77-57(3,4)5)76-53-47-46(45)51(79-54(47)67-32-66-53)35-10-13-38(61)14-11-35/h10-19,26,28,32,41,43H,20-25,27,29-31H2,1-9H3,(H,62,65)(H,64,72)/t41-,43-/m1/s1. The quantitative estimate of drug-likeness (QED) is 0.0869. The number of anilines is 1. The summed E-state index contributed by atoms with van der Waals surface area (Å²) in [5, 5.41) is 7.01. The number of rotatable bonds is 12. The number of alkyl carbamates (subject to hydrolysis) is 1. The van der Waals surface area contributed by atoms with E-state index in [1.54, 1.807) is 69.6 Å². The number of pyridine rings is 1. The molecule has 1 saturated heterocycles. The first-order chi connectivity index (χ1) is 37.7. The third kappa shape index (κ3) is 14.1. The summed E-state index contributed by atoms with van der Waals surface area (Å²) in [6.07, 6.45) is 2.31. The predicted octanol–water partition coefficient (Wildman–Crippen LogP) is 11.2. The Kier molecular flexibility index (Phi) is 17.4. The Morgan fingerprint density at radius 1 is 0.835 bits per heavy atom. The van der Waals surface area contributed by atoms with Gasteiger partial charge >= 0.3 is 12.1 Å². The van der Waals surface area contributed by atoms with Crippen molar-refractivity contribution in [1.29, 1.82) is 0 Å². The van der Waals surface area contributed by atoms with Gasteiger partial charge in [-0.1, -0.05) is 35.3 Å². The molecule has 7 heterocycles. The fourth-order valence-corrected chi connectivity index (χ4v) is 10.8. The molecule has 1 fully saturated rings. The van der Waals surface area contributed by atoms with Crippen molar-refractivity contribution in [2.45, 2.75) is 91.8 Å². The number of ether oxygens (including phenoxy) is 6. The maximum atomic E-state index is 14.6. The number of piperazine rings is 1. The summed E-state index contributed by atoms with van der Waals surface area (Å²) in [6, 6.07) is 17.0. The highest BCUT2D eigenvalue weighted by molar-refractivity contribution is 7.22. The molecule has 10 rings (SSSR count). The number of likely N-dealkylation sites (N-methyl/N-ethyl adjacent to an activating group) is 1. The zero-order valence-electron chi connectivity index (χ0n) is 45.7. The molecule has 79 heavy (non-hydrogen) atoms. The lowest BCUT2D eigenvalue weighted by Crippen LogP contribution is -2.49.